The van der Waals surface area contributed by atoms with E-state index in [9.17, 15) is 8.42 Å². The molecule has 3 fully saturated rings. The predicted molar refractivity (Wildman–Crippen MR) is 273 cm³/mol. The van der Waals surface area contributed by atoms with Crippen LogP contribution in [0.1, 0.15) is 19.8 Å². The molecule has 0 saturated carbocycles. The second kappa shape index (κ2) is 21.7. The molecule has 1 atom stereocenters. The van der Waals surface area contributed by atoms with Gasteiger partial charge in [-0.25, -0.2) is 9.37 Å². The Morgan fingerprint density at radius 3 is 2.12 bits per heavy atom. The minimum absolute atomic E-state index is 0.0699. The molecule has 0 aliphatic carbocycles. The van der Waals surface area contributed by atoms with Crippen molar-refractivity contribution in [2.45, 2.75) is 31.6 Å². The van der Waals surface area contributed by atoms with E-state index < -0.39 is 48.4 Å². The van der Waals surface area contributed by atoms with Gasteiger partial charge in [0.05, 0.1) is 18.5 Å². The number of piperazine rings is 2. The molecule has 18 nitrogen and oxygen atoms in total. The van der Waals surface area contributed by atoms with Gasteiger partial charge in [-0.3, -0.25) is 0 Å². The Bertz CT molecular complexity index is 3200. The van der Waals surface area contributed by atoms with Gasteiger partial charge < -0.3 is 29.2 Å². The molecule has 0 spiro atoms. The predicted octanol–water partition coefficient (Wildman–Crippen LogP) is 4.22. The van der Waals surface area contributed by atoms with Crippen LogP contribution in [0.4, 0.5) is 53.5 Å². The van der Waals surface area contributed by atoms with Crippen LogP contribution in [-0.4, -0.2) is 142 Å². The normalized spacial score (nSPS) is 16.9. The molecule has 388 valence electrons. The number of benzene rings is 3. The van der Waals surface area contributed by atoms with Crippen molar-refractivity contribution in [1.82, 2.24) is 37.1 Å². The van der Waals surface area contributed by atoms with Gasteiger partial charge in [0.25, 0.3) is 0 Å². The molecule has 10 rings (SSSR count). The summed E-state index contributed by atoms with van der Waals surface area (Å²) in [7, 11) is 1.17. The van der Waals surface area contributed by atoms with E-state index in [-0.39, 0.29) is 34.8 Å². The third-order valence-electron chi connectivity index (χ3n) is 13.6. The quantitative estimate of drug-likeness (QED) is 0.0673. The molecule has 0 radical (unpaired) electrons. The molecule has 0 bridgehead atoms. The fraction of sp³-hybridized carbons (Fsp3) is 0.400. The number of sulfonamides is 1. The van der Waals surface area contributed by atoms with Crippen LogP contribution in [-0.2, 0) is 21.3 Å². The van der Waals surface area contributed by atoms with Crippen molar-refractivity contribution in [3.63, 3.8) is 0 Å². The summed E-state index contributed by atoms with van der Waals surface area (Å²) in [5, 5.41) is 7.06. The van der Waals surface area contributed by atoms with E-state index in [2.05, 4.69) is 37.9 Å². The van der Waals surface area contributed by atoms with Crippen LogP contribution in [0.2, 0.25) is 0 Å². The van der Waals surface area contributed by atoms with Gasteiger partial charge in [-0.05, 0) is 31.9 Å². The zero-order valence-corrected chi connectivity index (χ0v) is 44.0. The van der Waals surface area contributed by atoms with E-state index in [0.29, 0.717) is 78.1 Å². The number of alkyl halides is 1. The van der Waals surface area contributed by atoms with E-state index in [1.807, 2.05) is 41.0 Å². The minimum atomic E-state index is -3.76. The molecule has 3 aromatic carbocycles. The summed E-state index contributed by atoms with van der Waals surface area (Å²) in [6.07, 6.45) is 9.14. The van der Waals surface area contributed by atoms with Crippen molar-refractivity contribution in [3.8, 4) is 17.2 Å². The topological polar surface area (TPSA) is 172 Å². The van der Waals surface area contributed by atoms with Crippen LogP contribution < -0.4 is 56.1 Å². The van der Waals surface area contributed by atoms with E-state index in [1.54, 1.807) is 54.5 Å². The summed E-state index contributed by atoms with van der Waals surface area (Å²) in [4.78, 5) is 24.2. The number of nitrogens with one attached hydrogen (secondary N) is 3. The van der Waals surface area contributed by atoms with Gasteiger partial charge in [0, 0.05) is 69.7 Å². The Labute approximate surface area is 432 Å². The number of ether oxygens (including phenoxy) is 3. The molecule has 7 aromatic rings. The Hall–Kier alpha value is -6.15. The Balaban J connectivity index is 0.730. The number of methoxy groups -OCH3 is 2. The fourth-order valence-electron chi connectivity index (χ4n) is 9.34. The molecule has 3 aliphatic rings. The standard InChI is InChI=1S/C50H58F3IN13O5S/c1-32(28-54-66-21-19-64(20-22-66)45-39(52)26-41(46(71-4)44(45)53)58-50-55-29-34-9-13-65(47(34)59-50)31-33-11-23-72-24-12-33)73(68,69)61-36-5-7-37(8-6-36)67-14-10-35-30-56-49(60-48(35)67)57-40-25-38(51)42(27-43(40)70-3)63-17-15-62(2)16-18-63/h5-10,13-14,25-27,29-30,32-33,61H,11-12,15-24,28,31H2,1-4H3,(H,55,58,59)(H,56,57,60)/q-1. The van der Waals surface area contributed by atoms with E-state index >= 15 is 13.2 Å². The SMILES string of the molecule is COc1cc(N2CCN(C)CC2)c(F)cc1Nc1ncc2ccn(-c3ccc(NS(=O)(=O)C(C)C[I-]N4CCN(c5c(F)cc(Nc6ncc7ccn(CC8CCOCC8)c7n6)c(OC)c5F)CC4)cc3)c2n1. The molecular formula is C50H58F3IN13O5S-. The van der Waals surface area contributed by atoms with Crippen LogP contribution in [0.25, 0.3) is 27.8 Å². The number of halogens is 4. The van der Waals surface area contributed by atoms with Gasteiger partial charge in [-0.1, -0.05) is 0 Å². The van der Waals surface area contributed by atoms with Crippen molar-refractivity contribution in [2.24, 2.45) is 5.92 Å². The summed E-state index contributed by atoms with van der Waals surface area (Å²) in [5.74, 6) is -0.734. The number of fused-ring (bicyclic) bond motifs is 2. The summed E-state index contributed by atoms with van der Waals surface area (Å²) < 4.78 is 101. The molecule has 23 heteroatoms. The van der Waals surface area contributed by atoms with Crippen molar-refractivity contribution in [1.29, 1.82) is 0 Å². The monoisotopic (exact) mass is 1140 g/mol. The van der Waals surface area contributed by atoms with Crippen molar-refractivity contribution >= 4 is 72.4 Å². The number of aromatic nitrogens is 6. The molecule has 3 saturated heterocycles. The van der Waals surface area contributed by atoms with Gasteiger partial charge in [0.15, 0.2) is 0 Å². The second-order valence-electron chi connectivity index (χ2n) is 18.5. The second-order valence-corrected chi connectivity index (χ2v) is 23.5. The first-order valence-electron chi connectivity index (χ1n) is 24.2. The molecule has 1 unspecified atom stereocenters. The molecule has 7 heterocycles. The zero-order chi connectivity index (χ0) is 50.8. The molecule has 73 heavy (non-hydrogen) atoms. The van der Waals surface area contributed by atoms with Gasteiger partial charge in [-0.15, -0.1) is 0 Å². The molecular weight excluding hydrogens is 1080 g/mol. The first kappa shape index (κ1) is 50.4. The van der Waals surface area contributed by atoms with Crippen LogP contribution in [0, 0.1) is 23.4 Å². The van der Waals surface area contributed by atoms with E-state index in [0.717, 1.165) is 67.8 Å². The van der Waals surface area contributed by atoms with Crippen LogP contribution >= 0.6 is 0 Å². The maximum atomic E-state index is 16.2. The van der Waals surface area contributed by atoms with Crippen molar-refractivity contribution in [2.75, 3.05) is 116 Å². The summed E-state index contributed by atoms with van der Waals surface area (Å²) >= 11 is -0.729. The average molecular weight is 1140 g/mol. The van der Waals surface area contributed by atoms with Gasteiger partial charge in [0.1, 0.15) is 11.6 Å². The van der Waals surface area contributed by atoms with Crippen LogP contribution in [0.3, 0.4) is 0 Å². The van der Waals surface area contributed by atoms with E-state index in [1.165, 1.54) is 26.4 Å². The Kier molecular flexibility index (Phi) is 15.0. The molecule has 0 amide bonds. The van der Waals surface area contributed by atoms with Crippen molar-refractivity contribution in [3.05, 3.63) is 96.8 Å². The van der Waals surface area contributed by atoms with Gasteiger partial charge in [-0.2, -0.15) is 0 Å². The fourth-order valence-corrected chi connectivity index (χ4v) is 14.2. The third kappa shape index (κ3) is 11.1. The number of hydrogen-bond donors (Lipinski definition) is 3. The summed E-state index contributed by atoms with van der Waals surface area (Å²) in [5.41, 5.74) is 3.23. The maximum absolute atomic E-state index is 16.2. The average Bonchev–Trinajstić information content (AvgIpc) is 4.00. The molecule has 3 N–H and O–H groups in total. The van der Waals surface area contributed by atoms with Gasteiger partial charge in [0.2, 0.25) is 0 Å². The number of anilines is 7. The first-order valence-corrected chi connectivity index (χ1v) is 28.2. The third-order valence-corrected chi connectivity index (χ3v) is 19.6. The Morgan fingerprint density at radius 2 is 1.42 bits per heavy atom. The summed E-state index contributed by atoms with van der Waals surface area (Å²) in [6.45, 7) is 8.79. The van der Waals surface area contributed by atoms with Crippen LogP contribution in [0.5, 0.6) is 11.5 Å². The number of hydrogen-bond acceptors (Lipinski definition) is 15. The molecule has 4 aromatic heterocycles. The van der Waals surface area contributed by atoms with Crippen molar-refractivity contribution < 1.29 is 57.3 Å². The van der Waals surface area contributed by atoms with E-state index in [4.69, 9.17) is 24.2 Å². The van der Waals surface area contributed by atoms with Gasteiger partial charge >= 0.3 is 265 Å². The first-order chi connectivity index (χ1) is 35.3. The number of likely N-dealkylation sites (N-methyl/N-ethyl adjacent to an activating group) is 1. The number of rotatable bonds is 17. The summed E-state index contributed by atoms with van der Waals surface area (Å²) in [6, 6.07) is 15.1. The van der Waals surface area contributed by atoms with Crippen LogP contribution in [0.15, 0.2) is 79.4 Å². The molecule has 3 aliphatic heterocycles. The Morgan fingerprint density at radius 1 is 0.781 bits per heavy atom. The number of nitrogens with zero attached hydrogens (tertiary/aromatic N) is 10. The zero-order valence-electron chi connectivity index (χ0n) is 41.0.